The summed E-state index contributed by atoms with van der Waals surface area (Å²) in [7, 11) is 0. The van der Waals surface area contributed by atoms with Crippen molar-refractivity contribution in [2.45, 2.75) is 45.4 Å². The maximum Gasteiger partial charge on any atom is 0.167 e. The molecule has 140 valence electrons. The summed E-state index contributed by atoms with van der Waals surface area (Å²) in [4.78, 5) is 13.1. The van der Waals surface area contributed by atoms with Gasteiger partial charge < -0.3 is 5.11 Å². The Kier molecular flexibility index (Phi) is 5.10. The molecule has 2 bridgehead atoms. The lowest BCUT2D eigenvalue weighted by molar-refractivity contribution is -0.114. The Labute approximate surface area is 165 Å². The van der Waals surface area contributed by atoms with Gasteiger partial charge in [0.2, 0.25) is 0 Å². The van der Waals surface area contributed by atoms with Crippen molar-refractivity contribution < 1.29 is 9.90 Å². The third-order valence-corrected chi connectivity index (χ3v) is 6.43. The van der Waals surface area contributed by atoms with Crippen LogP contribution < -0.4 is 0 Å². The number of hydrogen-bond donors (Lipinski definition) is 1. The SMILES string of the molecule is Cc1ccc(-c2ccc(Cl)cc2)cc1C1=C(O)CC2CCC(CC2)CC1=O. The van der Waals surface area contributed by atoms with Gasteiger partial charge in [0.25, 0.3) is 0 Å². The van der Waals surface area contributed by atoms with E-state index in [0.717, 1.165) is 47.9 Å². The molecule has 27 heavy (non-hydrogen) atoms. The zero-order valence-corrected chi connectivity index (χ0v) is 16.4. The first-order valence-corrected chi connectivity index (χ1v) is 10.2. The summed E-state index contributed by atoms with van der Waals surface area (Å²) in [6, 6.07) is 13.8. The van der Waals surface area contributed by atoms with Gasteiger partial charge in [-0.25, -0.2) is 0 Å². The fourth-order valence-corrected chi connectivity index (χ4v) is 4.69. The van der Waals surface area contributed by atoms with Crippen LogP contribution in [0, 0.1) is 18.8 Å². The van der Waals surface area contributed by atoms with Crippen molar-refractivity contribution in [1.29, 1.82) is 0 Å². The topological polar surface area (TPSA) is 37.3 Å². The van der Waals surface area contributed by atoms with Crippen molar-refractivity contribution >= 4 is 23.0 Å². The van der Waals surface area contributed by atoms with E-state index in [0.29, 0.717) is 35.3 Å². The number of hydrogen-bond acceptors (Lipinski definition) is 2. The fraction of sp³-hybridized carbons (Fsp3) is 0.375. The van der Waals surface area contributed by atoms with Crippen LogP contribution in [0.1, 0.15) is 49.7 Å². The molecule has 0 aliphatic heterocycles. The number of benzene rings is 2. The Bertz CT molecular complexity index is 887. The molecule has 0 radical (unpaired) electrons. The summed E-state index contributed by atoms with van der Waals surface area (Å²) in [5.74, 6) is 1.34. The number of carbonyl (C=O) groups is 1. The summed E-state index contributed by atoms with van der Waals surface area (Å²) >= 11 is 6.01. The monoisotopic (exact) mass is 380 g/mol. The smallest absolute Gasteiger partial charge is 0.167 e. The van der Waals surface area contributed by atoms with E-state index in [1.165, 1.54) is 0 Å². The maximum atomic E-state index is 13.1. The number of Topliss-reactive ketones (excluding diaryl/α,β-unsaturated/α-hetero) is 1. The molecule has 2 aromatic carbocycles. The van der Waals surface area contributed by atoms with E-state index < -0.39 is 0 Å². The Balaban J connectivity index is 1.79. The normalized spacial score (nSPS) is 23.1. The van der Waals surface area contributed by atoms with Crippen molar-refractivity contribution in [1.82, 2.24) is 0 Å². The summed E-state index contributed by atoms with van der Waals surface area (Å²) < 4.78 is 0. The minimum absolute atomic E-state index is 0.0939. The Morgan fingerprint density at radius 1 is 0.889 bits per heavy atom. The highest BCUT2D eigenvalue weighted by Crippen LogP contribution is 2.40. The minimum Gasteiger partial charge on any atom is -0.512 e. The van der Waals surface area contributed by atoms with Crippen LogP contribution in [0.5, 0.6) is 0 Å². The number of aryl methyl sites for hydroxylation is 1. The van der Waals surface area contributed by atoms with Gasteiger partial charge in [-0.05, 0) is 84.9 Å². The molecule has 2 nitrogen and oxygen atoms in total. The van der Waals surface area contributed by atoms with Gasteiger partial charge in [0.05, 0.1) is 5.57 Å². The molecule has 3 aliphatic rings. The van der Waals surface area contributed by atoms with E-state index in [1.807, 2.05) is 43.3 Å². The molecule has 1 saturated carbocycles. The summed E-state index contributed by atoms with van der Waals surface area (Å²) in [6.45, 7) is 2.01. The van der Waals surface area contributed by atoms with Crippen molar-refractivity contribution in [2.75, 3.05) is 0 Å². The zero-order chi connectivity index (χ0) is 19.0. The number of ketones is 1. The Hall–Kier alpha value is -2.06. The number of aliphatic hydroxyl groups is 1. The molecule has 3 aliphatic carbocycles. The van der Waals surface area contributed by atoms with Gasteiger partial charge in [-0.15, -0.1) is 0 Å². The van der Waals surface area contributed by atoms with Gasteiger partial charge in [0, 0.05) is 17.9 Å². The van der Waals surface area contributed by atoms with E-state index in [1.54, 1.807) is 0 Å². The van der Waals surface area contributed by atoms with Crippen LogP contribution in [0.15, 0.2) is 48.2 Å². The van der Waals surface area contributed by atoms with Gasteiger partial charge in [0.1, 0.15) is 5.76 Å². The average Bonchev–Trinajstić information content (AvgIpc) is 2.74. The molecular formula is C24H25ClO2. The summed E-state index contributed by atoms with van der Waals surface area (Å²) in [5, 5.41) is 11.6. The van der Waals surface area contributed by atoms with E-state index in [4.69, 9.17) is 11.6 Å². The van der Waals surface area contributed by atoms with Crippen molar-refractivity contribution in [3.63, 3.8) is 0 Å². The van der Waals surface area contributed by atoms with Gasteiger partial charge in [-0.3, -0.25) is 4.79 Å². The van der Waals surface area contributed by atoms with Crippen LogP contribution in [0.2, 0.25) is 5.02 Å². The van der Waals surface area contributed by atoms with Crippen LogP contribution in [0.25, 0.3) is 16.7 Å². The average molecular weight is 381 g/mol. The second kappa shape index (κ2) is 7.52. The van der Waals surface area contributed by atoms with Crippen molar-refractivity contribution in [3.05, 3.63) is 64.4 Å². The highest BCUT2D eigenvalue weighted by Gasteiger charge is 2.30. The molecule has 0 spiro atoms. The lowest BCUT2D eigenvalue weighted by Gasteiger charge is -2.26. The van der Waals surface area contributed by atoms with Crippen molar-refractivity contribution in [3.8, 4) is 11.1 Å². The molecule has 0 amide bonds. The number of aliphatic hydroxyl groups excluding tert-OH is 1. The number of halogens is 1. The van der Waals surface area contributed by atoms with Crippen molar-refractivity contribution in [2.24, 2.45) is 11.8 Å². The number of fused-ring (bicyclic) bond motifs is 5. The lowest BCUT2D eigenvalue weighted by atomic mass is 9.79. The maximum absolute atomic E-state index is 13.1. The third kappa shape index (κ3) is 3.82. The van der Waals surface area contributed by atoms with Gasteiger partial charge in [0.15, 0.2) is 5.78 Å². The van der Waals surface area contributed by atoms with Gasteiger partial charge in [-0.2, -0.15) is 0 Å². The highest BCUT2D eigenvalue weighted by molar-refractivity contribution is 6.30. The van der Waals surface area contributed by atoms with Gasteiger partial charge in [-0.1, -0.05) is 35.9 Å². The first kappa shape index (κ1) is 18.3. The molecule has 0 saturated heterocycles. The Morgan fingerprint density at radius 3 is 2.15 bits per heavy atom. The van der Waals surface area contributed by atoms with E-state index >= 15 is 0 Å². The quantitative estimate of drug-likeness (QED) is 0.625. The first-order valence-electron chi connectivity index (χ1n) is 9.83. The molecule has 0 heterocycles. The zero-order valence-electron chi connectivity index (χ0n) is 15.7. The molecule has 0 aromatic heterocycles. The highest BCUT2D eigenvalue weighted by atomic mass is 35.5. The van der Waals surface area contributed by atoms with E-state index in [2.05, 4.69) is 6.07 Å². The summed E-state index contributed by atoms with van der Waals surface area (Å²) in [5.41, 5.74) is 4.52. The second-order valence-electron chi connectivity index (χ2n) is 8.08. The van der Waals surface area contributed by atoms with Crippen LogP contribution in [0.4, 0.5) is 0 Å². The standard InChI is InChI=1S/C24H25ClO2/c1-15-2-7-19(18-8-10-20(25)11-9-18)14-21(15)24-22(26)12-16-3-4-17(6-5-16)13-23(24)27/h2,7-11,14,16-17,26H,3-6,12-13H2,1H3. The number of carbonyl (C=O) groups excluding carboxylic acids is 1. The van der Waals surface area contributed by atoms with Crippen LogP contribution in [0.3, 0.4) is 0 Å². The first-order chi connectivity index (χ1) is 13.0. The second-order valence-corrected chi connectivity index (χ2v) is 8.51. The minimum atomic E-state index is 0.0939. The van der Waals surface area contributed by atoms with E-state index in [-0.39, 0.29) is 11.5 Å². The summed E-state index contributed by atoms with van der Waals surface area (Å²) in [6.07, 6.45) is 5.65. The number of allylic oxidation sites excluding steroid dienone is 2. The molecule has 3 heteroatoms. The molecule has 1 fully saturated rings. The molecule has 2 aromatic rings. The molecule has 0 atom stereocenters. The van der Waals surface area contributed by atoms with Crippen LogP contribution in [-0.2, 0) is 4.79 Å². The largest absolute Gasteiger partial charge is 0.512 e. The molecular weight excluding hydrogens is 356 g/mol. The molecule has 0 unspecified atom stereocenters. The fourth-order valence-electron chi connectivity index (χ4n) is 4.56. The molecule has 1 N–H and O–H groups in total. The lowest BCUT2D eigenvalue weighted by Crippen LogP contribution is -2.15. The van der Waals surface area contributed by atoms with Gasteiger partial charge >= 0.3 is 0 Å². The number of rotatable bonds is 2. The third-order valence-electron chi connectivity index (χ3n) is 6.17. The van der Waals surface area contributed by atoms with Crippen LogP contribution >= 0.6 is 11.6 Å². The van der Waals surface area contributed by atoms with E-state index in [9.17, 15) is 9.90 Å². The Morgan fingerprint density at radius 2 is 1.48 bits per heavy atom. The predicted molar refractivity (Wildman–Crippen MR) is 111 cm³/mol. The van der Waals surface area contributed by atoms with Crippen LogP contribution in [-0.4, -0.2) is 10.9 Å². The predicted octanol–water partition coefficient (Wildman–Crippen LogP) is 6.75. The molecule has 5 rings (SSSR count).